The van der Waals surface area contributed by atoms with E-state index in [1.165, 1.54) is 0 Å². The molecule has 0 bridgehead atoms. The van der Waals surface area contributed by atoms with Crippen molar-refractivity contribution in [3.05, 3.63) is 67.0 Å². The van der Waals surface area contributed by atoms with E-state index in [1.807, 2.05) is 71.5 Å². The first-order valence-electron chi connectivity index (χ1n) is 13.0. The van der Waals surface area contributed by atoms with Gasteiger partial charge in [-0.2, -0.15) is 0 Å². The first-order chi connectivity index (χ1) is 18.8. The van der Waals surface area contributed by atoms with Crippen molar-refractivity contribution >= 4 is 39.8 Å². The normalized spacial score (nSPS) is 11.4. The second-order valence-corrected chi connectivity index (χ2v) is 9.66. The number of carbonyl (C=O) groups excluding carboxylic acids is 1. The van der Waals surface area contributed by atoms with E-state index in [0.29, 0.717) is 23.1 Å². The number of rotatable bonds is 11. The van der Waals surface area contributed by atoms with Crippen LogP contribution in [0.2, 0.25) is 0 Å². The maximum Gasteiger partial charge on any atom is 0.248 e. The molecule has 0 fully saturated rings. The van der Waals surface area contributed by atoms with E-state index in [-0.39, 0.29) is 5.91 Å². The number of hydrogen-bond donors (Lipinski definition) is 2. The molecule has 0 aliphatic heterocycles. The van der Waals surface area contributed by atoms with Crippen molar-refractivity contribution in [1.82, 2.24) is 19.4 Å². The Balaban J connectivity index is 1.70. The summed E-state index contributed by atoms with van der Waals surface area (Å²) in [7, 11) is 9.72. The van der Waals surface area contributed by atoms with Crippen LogP contribution in [0, 0.1) is 0 Å². The van der Waals surface area contributed by atoms with Crippen LogP contribution in [0.15, 0.2) is 67.0 Å². The molecule has 0 saturated carbocycles. The second kappa shape index (κ2) is 12.4. The Labute approximate surface area is 230 Å². The minimum Gasteiger partial charge on any atom is -0.494 e. The van der Waals surface area contributed by atoms with Gasteiger partial charge in [0.25, 0.3) is 0 Å². The van der Waals surface area contributed by atoms with Gasteiger partial charge in [-0.15, -0.1) is 0 Å². The summed E-state index contributed by atoms with van der Waals surface area (Å²) in [5, 5.41) is 7.47. The molecular formula is C30H37N7O2. The molecule has 0 aliphatic carbocycles. The van der Waals surface area contributed by atoms with E-state index in [0.717, 1.165) is 47.4 Å². The van der Waals surface area contributed by atoms with E-state index in [9.17, 15) is 4.79 Å². The number of carbonyl (C=O) groups is 1. The number of nitrogens with one attached hydrogen (secondary N) is 2. The lowest BCUT2D eigenvalue weighted by atomic mass is 10.1. The van der Waals surface area contributed by atoms with Crippen molar-refractivity contribution in [2.75, 3.05) is 56.9 Å². The minimum absolute atomic E-state index is 0.190. The first-order valence-corrected chi connectivity index (χ1v) is 13.0. The summed E-state index contributed by atoms with van der Waals surface area (Å²) in [6.07, 6.45) is 7.98. The molecule has 0 radical (unpaired) electrons. The summed E-state index contributed by atoms with van der Waals surface area (Å²) in [6, 6.07) is 13.9. The fraction of sp³-hybridized carbons (Fsp3) is 0.300. The second-order valence-electron chi connectivity index (χ2n) is 9.66. The number of hydrogen-bond acceptors (Lipinski definition) is 7. The predicted molar refractivity (Wildman–Crippen MR) is 160 cm³/mol. The van der Waals surface area contributed by atoms with Crippen LogP contribution in [-0.2, 0) is 11.8 Å². The van der Waals surface area contributed by atoms with Gasteiger partial charge in [-0.25, -0.2) is 9.97 Å². The van der Waals surface area contributed by atoms with Gasteiger partial charge in [0.1, 0.15) is 5.75 Å². The molecule has 204 valence electrons. The van der Waals surface area contributed by atoms with Crippen LogP contribution in [0.5, 0.6) is 5.75 Å². The predicted octanol–water partition coefficient (Wildman–Crippen LogP) is 5.29. The smallest absolute Gasteiger partial charge is 0.248 e. The minimum atomic E-state index is -0.190. The average molecular weight is 528 g/mol. The van der Waals surface area contributed by atoms with Gasteiger partial charge in [-0.05, 0) is 44.8 Å². The molecule has 0 spiro atoms. The largest absolute Gasteiger partial charge is 0.494 e. The average Bonchev–Trinajstić information content (AvgIpc) is 3.27. The molecule has 9 heteroatoms. The van der Waals surface area contributed by atoms with Gasteiger partial charge in [0.05, 0.1) is 29.9 Å². The Bertz CT molecular complexity index is 1480. The molecule has 0 aliphatic rings. The molecular weight excluding hydrogens is 490 g/mol. The Morgan fingerprint density at radius 3 is 2.64 bits per heavy atom. The molecule has 39 heavy (non-hydrogen) atoms. The van der Waals surface area contributed by atoms with Crippen molar-refractivity contribution < 1.29 is 9.53 Å². The van der Waals surface area contributed by atoms with Crippen molar-refractivity contribution in [3.8, 4) is 17.0 Å². The Kier molecular flexibility index (Phi) is 8.83. The summed E-state index contributed by atoms with van der Waals surface area (Å²) in [5.74, 6) is 0.850. The highest BCUT2D eigenvalue weighted by Gasteiger charge is 2.17. The zero-order valence-corrected chi connectivity index (χ0v) is 23.5. The van der Waals surface area contributed by atoms with Crippen LogP contribution in [0.1, 0.15) is 13.3 Å². The van der Waals surface area contributed by atoms with Gasteiger partial charge in [-0.3, -0.25) is 4.79 Å². The van der Waals surface area contributed by atoms with Crippen molar-refractivity contribution in [2.45, 2.75) is 13.3 Å². The third kappa shape index (κ3) is 6.56. The van der Waals surface area contributed by atoms with Gasteiger partial charge in [-0.1, -0.05) is 31.2 Å². The first kappa shape index (κ1) is 27.7. The summed E-state index contributed by atoms with van der Waals surface area (Å²) >= 11 is 0. The maximum atomic E-state index is 12.6. The van der Waals surface area contributed by atoms with Crippen LogP contribution in [0.25, 0.3) is 22.2 Å². The summed E-state index contributed by atoms with van der Waals surface area (Å²) in [5.41, 5.74) is 5.12. The number of aromatic nitrogens is 3. The van der Waals surface area contributed by atoms with E-state index >= 15 is 0 Å². The Morgan fingerprint density at radius 2 is 1.90 bits per heavy atom. The van der Waals surface area contributed by atoms with E-state index in [4.69, 9.17) is 9.72 Å². The number of amides is 1. The number of fused-ring (bicyclic) bond motifs is 1. The molecule has 0 atom stereocenters. The highest BCUT2D eigenvalue weighted by atomic mass is 16.5. The summed E-state index contributed by atoms with van der Waals surface area (Å²) < 4.78 is 7.84. The van der Waals surface area contributed by atoms with E-state index < -0.39 is 0 Å². The molecule has 2 aromatic heterocycles. The number of anilines is 4. The lowest BCUT2D eigenvalue weighted by molar-refractivity contribution is -0.111. The molecule has 4 aromatic rings. The SMILES string of the molecule is CC/C=C\C(=O)Nc1cc(Nc2nccc(-c3cn(C)c4ccccc34)n2)c(OC)cc1N(C)CCN(C)C. The summed E-state index contributed by atoms with van der Waals surface area (Å²) in [6.45, 7) is 3.62. The van der Waals surface area contributed by atoms with E-state index in [2.05, 4.69) is 48.3 Å². The van der Waals surface area contributed by atoms with Gasteiger partial charge in [0, 0.05) is 62.1 Å². The van der Waals surface area contributed by atoms with Crippen LogP contribution < -0.4 is 20.3 Å². The van der Waals surface area contributed by atoms with Crippen LogP contribution >= 0.6 is 0 Å². The van der Waals surface area contributed by atoms with Gasteiger partial charge < -0.3 is 29.7 Å². The molecule has 2 N–H and O–H groups in total. The maximum absolute atomic E-state index is 12.6. The summed E-state index contributed by atoms with van der Waals surface area (Å²) in [4.78, 5) is 26.1. The van der Waals surface area contributed by atoms with Gasteiger partial charge in [0.15, 0.2) is 0 Å². The number of para-hydroxylation sites is 1. The highest BCUT2D eigenvalue weighted by Crippen LogP contribution is 2.38. The lowest BCUT2D eigenvalue weighted by Gasteiger charge is -2.26. The fourth-order valence-electron chi connectivity index (χ4n) is 4.36. The number of allylic oxidation sites excluding steroid dienone is 1. The third-order valence-electron chi connectivity index (χ3n) is 6.45. The quantitative estimate of drug-likeness (QED) is 0.256. The van der Waals surface area contributed by atoms with Crippen molar-refractivity contribution in [1.29, 1.82) is 0 Å². The number of aryl methyl sites for hydroxylation is 1. The fourth-order valence-corrected chi connectivity index (χ4v) is 4.36. The standard InChI is InChI=1S/C30H37N7O2/c1-7-8-13-29(38)32-24-18-25(28(39-6)19-27(24)36(4)17-16-35(2)3)34-30-31-15-14-23(33-30)22-20-37(5)26-12-10-9-11-21(22)26/h8-15,18-20H,7,16-17H2,1-6H3,(H,32,38)(H,31,33,34)/b13-8-. The zero-order chi connectivity index (χ0) is 27.9. The number of benzene rings is 2. The number of methoxy groups -OCH3 is 1. The van der Waals surface area contributed by atoms with Gasteiger partial charge >= 0.3 is 0 Å². The molecule has 0 unspecified atom stereocenters. The lowest BCUT2D eigenvalue weighted by Crippen LogP contribution is -2.29. The Hall–Kier alpha value is -4.37. The highest BCUT2D eigenvalue weighted by molar-refractivity contribution is 6.02. The molecule has 0 saturated heterocycles. The number of ether oxygens (including phenoxy) is 1. The van der Waals surface area contributed by atoms with Crippen LogP contribution in [0.4, 0.5) is 23.0 Å². The van der Waals surface area contributed by atoms with Gasteiger partial charge in [0.2, 0.25) is 11.9 Å². The topological polar surface area (TPSA) is 87.5 Å². The molecule has 2 aromatic carbocycles. The number of nitrogens with zero attached hydrogens (tertiary/aromatic N) is 5. The van der Waals surface area contributed by atoms with Crippen molar-refractivity contribution in [3.63, 3.8) is 0 Å². The van der Waals surface area contributed by atoms with Crippen LogP contribution in [-0.4, -0.2) is 66.7 Å². The molecule has 1 amide bonds. The third-order valence-corrected chi connectivity index (χ3v) is 6.45. The Morgan fingerprint density at radius 1 is 1.10 bits per heavy atom. The molecule has 9 nitrogen and oxygen atoms in total. The zero-order valence-electron chi connectivity index (χ0n) is 23.5. The molecule has 4 rings (SSSR count). The van der Waals surface area contributed by atoms with E-state index in [1.54, 1.807) is 19.4 Å². The van der Waals surface area contributed by atoms with Crippen molar-refractivity contribution in [2.24, 2.45) is 7.05 Å². The number of likely N-dealkylation sites (N-methyl/N-ethyl adjacent to an activating group) is 2. The monoisotopic (exact) mass is 527 g/mol. The molecule has 2 heterocycles. The van der Waals surface area contributed by atoms with Crippen LogP contribution in [0.3, 0.4) is 0 Å².